The Morgan fingerprint density at radius 3 is 2.90 bits per heavy atom. The summed E-state index contributed by atoms with van der Waals surface area (Å²) in [5.74, 6) is 0. The molecule has 0 saturated heterocycles. The maximum Gasteiger partial charge on any atom is 0.0587 e. The van der Waals surface area contributed by atoms with Crippen molar-refractivity contribution in [2.24, 2.45) is 0 Å². The number of halogens is 1. The van der Waals surface area contributed by atoms with Crippen LogP contribution in [0.15, 0.2) is 39.5 Å². The summed E-state index contributed by atoms with van der Waals surface area (Å²) < 4.78 is 6.18. The lowest BCUT2D eigenvalue weighted by Crippen LogP contribution is -2.22. The first-order valence-corrected chi connectivity index (χ1v) is 8.64. The highest BCUT2D eigenvalue weighted by Crippen LogP contribution is 2.25. The Hall–Kier alpha value is -0.880. The van der Waals surface area contributed by atoms with Crippen LogP contribution in [-0.2, 0) is 17.8 Å². The first-order valence-electron chi connectivity index (χ1n) is 6.91. The summed E-state index contributed by atoms with van der Waals surface area (Å²) in [6.45, 7) is 3.35. The molecule has 1 aromatic carbocycles. The van der Waals surface area contributed by atoms with Crippen LogP contribution in [0.25, 0.3) is 0 Å². The van der Waals surface area contributed by atoms with Crippen LogP contribution < -0.4 is 10.2 Å². The van der Waals surface area contributed by atoms with Crippen molar-refractivity contribution in [3.8, 4) is 0 Å². The van der Waals surface area contributed by atoms with Gasteiger partial charge in [0.25, 0.3) is 0 Å². The molecule has 3 nitrogen and oxygen atoms in total. The van der Waals surface area contributed by atoms with E-state index in [1.54, 1.807) is 18.4 Å². The van der Waals surface area contributed by atoms with Crippen molar-refractivity contribution in [2.45, 2.75) is 13.1 Å². The summed E-state index contributed by atoms with van der Waals surface area (Å²) >= 11 is 5.30. The number of thiophene rings is 1. The molecule has 2 rings (SSSR count). The molecule has 5 heteroatoms. The highest BCUT2D eigenvalue weighted by atomic mass is 79.9. The average molecular weight is 369 g/mol. The molecule has 1 heterocycles. The first kappa shape index (κ1) is 16.5. The predicted octanol–water partition coefficient (Wildman–Crippen LogP) is 3.88. The Morgan fingerprint density at radius 2 is 2.19 bits per heavy atom. The monoisotopic (exact) mass is 368 g/mol. The molecule has 0 amide bonds. The number of methoxy groups -OCH3 is 1. The van der Waals surface area contributed by atoms with Crippen molar-refractivity contribution < 1.29 is 4.74 Å². The van der Waals surface area contributed by atoms with E-state index in [0.717, 1.165) is 30.7 Å². The molecule has 0 aliphatic carbocycles. The Kier molecular flexibility index (Phi) is 6.70. The topological polar surface area (TPSA) is 24.5 Å². The summed E-state index contributed by atoms with van der Waals surface area (Å²) in [7, 11) is 3.86. The molecular weight excluding hydrogens is 348 g/mol. The molecule has 2 aromatic rings. The van der Waals surface area contributed by atoms with Gasteiger partial charge in [-0.1, -0.05) is 15.9 Å². The number of rotatable bonds is 8. The molecule has 0 fully saturated rings. The zero-order valence-corrected chi connectivity index (χ0v) is 14.8. The van der Waals surface area contributed by atoms with Crippen molar-refractivity contribution in [1.29, 1.82) is 0 Å². The Balaban J connectivity index is 2.06. The van der Waals surface area contributed by atoms with Gasteiger partial charge in [0, 0.05) is 44.0 Å². The van der Waals surface area contributed by atoms with Crippen LogP contribution >= 0.6 is 27.3 Å². The first-order chi connectivity index (χ1) is 10.2. The summed E-state index contributed by atoms with van der Waals surface area (Å²) in [6, 6.07) is 8.62. The predicted molar refractivity (Wildman–Crippen MR) is 94.2 cm³/mol. The zero-order chi connectivity index (χ0) is 15.1. The van der Waals surface area contributed by atoms with Gasteiger partial charge in [0.2, 0.25) is 0 Å². The normalized spacial score (nSPS) is 10.8. The third kappa shape index (κ3) is 5.11. The minimum Gasteiger partial charge on any atom is -0.383 e. The lowest BCUT2D eigenvalue weighted by molar-refractivity contribution is 0.199. The highest BCUT2D eigenvalue weighted by Gasteiger charge is 2.09. The Bertz CT molecular complexity index is 545. The number of hydrogen-bond acceptors (Lipinski definition) is 4. The van der Waals surface area contributed by atoms with Gasteiger partial charge < -0.3 is 15.0 Å². The molecule has 21 heavy (non-hydrogen) atoms. The fraction of sp³-hybridized carbons (Fsp3) is 0.375. The third-order valence-corrected chi connectivity index (χ3v) is 4.48. The van der Waals surface area contributed by atoms with Gasteiger partial charge in [-0.05, 0) is 46.2 Å². The second-order valence-electron chi connectivity index (χ2n) is 4.93. The molecule has 1 N–H and O–H groups in total. The number of hydrogen-bond donors (Lipinski definition) is 1. The van der Waals surface area contributed by atoms with Gasteiger partial charge in [-0.2, -0.15) is 11.3 Å². The van der Waals surface area contributed by atoms with Gasteiger partial charge >= 0.3 is 0 Å². The second-order valence-corrected chi connectivity index (χ2v) is 6.63. The number of anilines is 1. The van der Waals surface area contributed by atoms with Crippen LogP contribution in [0.2, 0.25) is 0 Å². The van der Waals surface area contributed by atoms with Crippen molar-refractivity contribution in [1.82, 2.24) is 5.32 Å². The van der Waals surface area contributed by atoms with Gasteiger partial charge in [-0.25, -0.2) is 0 Å². The van der Waals surface area contributed by atoms with E-state index in [9.17, 15) is 0 Å². The van der Waals surface area contributed by atoms with Crippen LogP contribution in [0.1, 0.15) is 11.1 Å². The molecule has 0 radical (unpaired) electrons. The zero-order valence-electron chi connectivity index (χ0n) is 12.4. The standard InChI is InChI=1S/C16H21BrN2OS/c1-19(11-13-5-8-21-12-13)16-4-3-15(17)9-14(16)10-18-6-7-20-2/h3-5,8-9,12,18H,6-7,10-11H2,1-2H3. The Morgan fingerprint density at radius 1 is 1.33 bits per heavy atom. The van der Waals surface area contributed by atoms with Crippen molar-refractivity contribution >= 4 is 33.0 Å². The lowest BCUT2D eigenvalue weighted by Gasteiger charge is -2.22. The molecule has 0 unspecified atom stereocenters. The molecule has 1 aromatic heterocycles. The molecule has 0 aliphatic heterocycles. The lowest BCUT2D eigenvalue weighted by atomic mass is 10.1. The number of ether oxygens (including phenoxy) is 1. The van der Waals surface area contributed by atoms with Gasteiger partial charge in [-0.15, -0.1) is 0 Å². The van der Waals surface area contributed by atoms with E-state index < -0.39 is 0 Å². The van der Waals surface area contributed by atoms with Crippen LogP contribution in [0.4, 0.5) is 5.69 Å². The number of nitrogens with zero attached hydrogens (tertiary/aromatic N) is 1. The summed E-state index contributed by atoms with van der Waals surface area (Å²) in [5.41, 5.74) is 3.90. The van der Waals surface area contributed by atoms with E-state index in [4.69, 9.17) is 4.74 Å². The van der Waals surface area contributed by atoms with Crippen LogP contribution in [0, 0.1) is 0 Å². The summed E-state index contributed by atoms with van der Waals surface area (Å²) in [5, 5.41) is 7.74. The van der Waals surface area contributed by atoms with E-state index in [1.807, 2.05) is 0 Å². The minimum absolute atomic E-state index is 0.730. The smallest absolute Gasteiger partial charge is 0.0587 e. The quantitative estimate of drug-likeness (QED) is 0.715. The van der Waals surface area contributed by atoms with Gasteiger partial charge in [0.1, 0.15) is 0 Å². The van der Waals surface area contributed by atoms with Gasteiger partial charge in [0.05, 0.1) is 6.61 Å². The van der Waals surface area contributed by atoms with Crippen LogP contribution in [-0.4, -0.2) is 27.3 Å². The van der Waals surface area contributed by atoms with Crippen molar-refractivity contribution in [3.63, 3.8) is 0 Å². The maximum absolute atomic E-state index is 5.07. The number of benzene rings is 1. The molecule has 0 bridgehead atoms. The van der Waals surface area contributed by atoms with E-state index >= 15 is 0 Å². The van der Waals surface area contributed by atoms with Crippen LogP contribution in [0.5, 0.6) is 0 Å². The third-order valence-electron chi connectivity index (χ3n) is 3.25. The minimum atomic E-state index is 0.730. The van der Waals surface area contributed by atoms with E-state index in [0.29, 0.717) is 0 Å². The molecule has 0 spiro atoms. The summed E-state index contributed by atoms with van der Waals surface area (Å²) in [4.78, 5) is 2.29. The fourth-order valence-corrected chi connectivity index (χ4v) is 3.28. The molecule has 0 atom stereocenters. The average Bonchev–Trinajstić information content (AvgIpc) is 2.96. The summed E-state index contributed by atoms with van der Waals surface area (Å²) in [6.07, 6.45) is 0. The molecule has 0 saturated carbocycles. The highest BCUT2D eigenvalue weighted by molar-refractivity contribution is 9.10. The van der Waals surface area contributed by atoms with Gasteiger partial charge in [0.15, 0.2) is 0 Å². The molecule has 0 aliphatic rings. The SMILES string of the molecule is COCCNCc1cc(Br)ccc1N(C)Cc1ccsc1. The Labute approximate surface area is 139 Å². The maximum atomic E-state index is 5.07. The van der Waals surface area contributed by atoms with E-state index in [1.165, 1.54) is 16.8 Å². The van der Waals surface area contributed by atoms with Gasteiger partial charge in [-0.3, -0.25) is 0 Å². The van der Waals surface area contributed by atoms with E-state index in [-0.39, 0.29) is 0 Å². The number of nitrogens with one attached hydrogen (secondary N) is 1. The van der Waals surface area contributed by atoms with E-state index in [2.05, 4.69) is 68.2 Å². The van der Waals surface area contributed by atoms with Crippen LogP contribution in [0.3, 0.4) is 0 Å². The second kappa shape index (κ2) is 8.54. The molecular formula is C16H21BrN2OS. The van der Waals surface area contributed by atoms with Crippen molar-refractivity contribution in [3.05, 3.63) is 50.6 Å². The van der Waals surface area contributed by atoms with Crippen molar-refractivity contribution in [2.75, 3.05) is 32.2 Å². The fourth-order valence-electron chi connectivity index (χ4n) is 2.21. The largest absolute Gasteiger partial charge is 0.383 e. The molecule has 114 valence electrons.